The molecule has 2 rings (SSSR count). The number of halogens is 2. The molecule has 0 aromatic heterocycles. The van der Waals surface area contributed by atoms with Crippen molar-refractivity contribution in [3.8, 4) is 0 Å². The van der Waals surface area contributed by atoms with Gasteiger partial charge in [-0.2, -0.15) is 0 Å². The van der Waals surface area contributed by atoms with Gasteiger partial charge in [0.1, 0.15) is 5.82 Å². The SMILES string of the molecule is CNC(=O)c1ccc(CN(C)Cc2ccc(F)cc2Cl)cc1. The molecule has 2 aromatic rings. The predicted molar refractivity (Wildman–Crippen MR) is 86.4 cm³/mol. The zero-order chi connectivity index (χ0) is 16.1. The highest BCUT2D eigenvalue weighted by atomic mass is 35.5. The van der Waals surface area contributed by atoms with E-state index in [4.69, 9.17) is 11.6 Å². The lowest BCUT2D eigenvalue weighted by molar-refractivity contribution is 0.0963. The fourth-order valence-corrected chi connectivity index (χ4v) is 2.44. The standard InChI is InChI=1S/C17H18ClFN2O/c1-20-17(22)13-5-3-12(4-6-13)10-21(2)11-14-7-8-15(19)9-16(14)18/h3-9H,10-11H2,1-2H3,(H,20,22). The van der Waals surface area contributed by atoms with E-state index < -0.39 is 0 Å². The maximum atomic E-state index is 13.0. The highest BCUT2D eigenvalue weighted by Crippen LogP contribution is 2.19. The normalized spacial score (nSPS) is 10.8. The van der Waals surface area contributed by atoms with E-state index in [-0.39, 0.29) is 11.7 Å². The molecule has 0 aliphatic carbocycles. The van der Waals surface area contributed by atoms with Gasteiger partial charge in [-0.25, -0.2) is 4.39 Å². The molecular weight excluding hydrogens is 303 g/mol. The summed E-state index contributed by atoms with van der Waals surface area (Å²) in [6.07, 6.45) is 0. The Kier molecular flexibility index (Phi) is 5.52. The van der Waals surface area contributed by atoms with E-state index in [9.17, 15) is 9.18 Å². The van der Waals surface area contributed by atoms with Crippen molar-refractivity contribution in [1.29, 1.82) is 0 Å². The Balaban J connectivity index is 1.99. The number of hydrogen-bond acceptors (Lipinski definition) is 2. The molecule has 116 valence electrons. The number of hydrogen-bond donors (Lipinski definition) is 1. The number of nitrogens with one attached hydrogen (secondary N) is 1. The molecule has 0 fully saturated rings. The number of rotatable bonds is 5. The van der Waals surface area contributed by atoms with Crippen molar-refractivity contribution in [3.63, 3.8) is 0 Å². The Morgan fingerprint density at radius 1 is 1.18 bits per heavy atom. The van der Waals surface area contributed by atoms with E-state index in [1.807, 2.05) is 19.2 Å². The highest BCUT2D eigenvalue weighted by Gasteiger charge is 2.07. The number of nitrogens with zero attached hydrogens (tertiary/aromatic N) is 1. The van der Waals surface area contributed by atoms with E-state index in [2.05, 4.69) is 10.2 Å². The molecule has 0 aliphatic rings. The van der Waals surface area contributed by atoms with Gasteiger partial charge in [0.25, 0.3) is 5.91 Å². The van der Waals surface area contributed by atoms with Crippen LogP contribution in [-0.4, -0.2) is 24.9 Å². The molecular formula is C17H18ClFN2O. The minimum Gasteiger partial charge on any atom is -0.355 e. The van der Waals surface area contributed by atoms with E-state index in [1.165, 1.54) is 12.1 Å². The summed E-state index contributed by atoms with van der Waals surface area (Å²) in [5, 5.41) is 3.02. The van der Waals surface area contributed by atoms with Gasteiger partial charge in [-0.15, -0.1) is 0 Å². The second-order valence-corrected chi connectivity index (χ2v) is 5.59. The quantitative estimate of drug-likeness (QED) is 0.915. The molecule has 1 amide bonds. The summed E-state index contributed by atoms with van der Waals surface area (Å²) in [5.74, 6) is -0.431. The van der Waals surface area contributed by atoms with E-state index >= 15 is 0 Å². The Morgan fingerprint density at radius 2 is 1.86 bits per heavy atom. The average Bonchev–Trinajstić information content (AvgIpc) is 2.50. The molecule has 0 bridgehead atoms. The Morgan fingerprint density at radius 3 is 2.45 bits per heavy atom. The number of carbonyl (C=O) groups excluding carboxylic acids is 1. The summed E-state index contributed by atoms with van der Waals surface area (Å²) in [4.78, 5) is 13.6. The molecule has 5 heteroatoms. The zero-order valence-electron chi connectivity index (χ0n) is 12.6. The third-order valence-electron chi connectivity index (χ3n) is 3.35. The predicted octanol–water partition coefficient (Wildman–Crippen LogP) is 3.47. The van der Waals surface area contributed by atoms with Gasteiger partial charge in [-0.05, 0) is 42.4 Å². The molecule has 1 N–H and O–H groups in total. The van der Waals surface area contributed by atoms with Crippen molar-refractivity contribution < 1.29 is 9.18 Å². The second kappa shape index (κ2) is 7.38. The van der Waals surface area contributed by atoms with Crippen LogP contribution < -0.4 is 5.32 Å². The van der Waals surface area contributed by atoms with Gasteiger partial charge >= 0.3 is 0 Å². The average molecular weight is 321 g/mol. The minimum atomic E-state index is -0.332. The Bertz CT molecular complexity index is 658. The van der Waals surface area contributed by atoms with Gasteiger partial charge in [-0.1, -0.05) is 29.8 Å². The number of benzene rings is 2. The molecule has 0 heterocycles. The highest BCUT2D eigenvalue weighted by molar-refractivity contribution is 6.31. The summed E-state index contributed by atoms with van der Waals surface area (Å²) in [6, 6.07) is 11.9. The van der Waals surface area contributed by atoms with Crippen molar-refractivity contribution in [2.45, 2.75) is 13.1 Å². The van der Waals surface area contributed by atoms with Crippen LogP contribution in [0.15, 0.2) is 42.5 Å². The smallest absolute Gasteiger partial charge is 0.251 e. The summed E-state index contributed by atoms with van der Waals surface area (Å²) in [6.45, 7) is 1.33. The third kappa shape index (κ3) is 4.29. The fraction of sp³-hybridized carbons (Fsp3) is 0.235. The van der Waals surface area contributed by atoms with Crippen LogP contribution in [0.1, 0.15) is 21.5 Å². The van der Waals surface area contributed by atoms with Gasteiger partial charge in [0, 0.05) is 30.7 Å². The first-order valence-corrected chi connectivity index (χ1v) is 7.31. The lowest BCUT2D eigenvalue weighted by Gasteiger charge is -2.18. The minimum absolute atomic E-state index is 0.0991. The molecule has 0 atom stereocenters. The molecule has 3 nitrogen and oxygen atoms in total. The van der Waals surface area contributed by atoms with E-state index in [0.29, 0.717) is 23.7 Å². The van der Waals surface area contributed by atoms with Gasteiger partial charge < -0.3 is 5.32 Å². The monoisotopic (exact) mass is 320 g/mol. The zero-order valence-corrected chi connectivity index (χ0v) is 13.3. The molecule has 22 heavy (non-hydrogen) atoms. The second-order valence-electron chi connectivity index (χ2n) is 5.18. The maximum Gasteiger partial charge on any atom is 0.251 e. The maximum absolute atomic E-state index is 13.0. The molecule has 2 aromatic carbocycles. The molecule has 0 unspecified atom stereocenters. The lowest BCUT2D eigenvalue weighted by Crippen LogP contribution is -2.19. The van der Waals surface area contributed by atoms with Crippen molar-refractivity contribution in [1.82, 2.24) is 10.2 Å². The molecule has 0 aliphatic heterocycles. The third-order valence-corrected chi connectivity index (χ3v) is 3.70. The van der Waals surface area contributed by atoms with Crippen LogP contribution in [0.25, 0.3) is 0 Å². The topological polar surface area (TPSA) is 32.3 Å². The molecule has 0 spiro atoms. The van der Waals surface area contributed by atoms with Crippen LogP contribution in [0, 0.1) is 5.82 Å². The first-order chi connectivity index (χ1) is 10.5. The fourth-order valence-electron chi connectivity index (χ4n) is 2.21. The van der Waals surface area contributed by atoms with Crippen molar-refractivity contribution in [3.05, 3.63) is 70.0 Å². The van der Waals surface area contributed by atoms with E-state index in [0.717, 1.165) is 11.1 Å². The molecule has 0 saturated heterocycles. The number of carbonyl (C=O) groups is 1. The van der Waals surface area contributed by atoms with Crippen molar-refractivity contribution in [2.24, 2.45) is 0 Å². The van der Waals surface area contributed by atoms with Crippen LogP contribution in [0.2, 0.25) is 5.02 Å². The van der Waals surface area contributed by atoms with Gasteiger partial charge in [0.15, 0.2) is 0 Å². The van der Waals surface area contributed by atoms with Crippen LogP contribution in [0.3, 0.4) is 0 Å². The largest absolute Gasteiger partial charge is 0.355 e. The lowest BCUT2D eigenvalue weighted by atomic mass is 10.1. The van der Waals surface area contributed by atoms with E-state index in [1.54, 1.807) is 25.2 Å². The van der Waals surface area contributed by atoms with Crippen molar-refractivity contribution in [2.75, 3.05) is 14.1 Å². The first kappa shape index (κ1) is 16.5. The Labute approximate surface area is 134 Å². The van der Waals surface area contributed by atoms with Crippen molar-refractivity contribution >= 4 is 17.5 Å². The summed E-state index contributed by atoms with van der Waals surface area (Å²) < 4.78 is 13.0. The Hall–Kier alpha value is -1.91. The van der Waals surface area contributed by atoms with Gasteiger partial charge in [-0.3, -0.25) is 9.69 Å². The summed E-state index contributed by atoms with van der Waals surface area (Å²) in [7, 11) is 3.57. The van der Waals surface area contributed by atoms with Crippen LogP contribution in [0.5, 0.6) is 0 Å². The van der Waals surface area contributed by atoms with Gasteiger partial charge in [0.2, 0.25) is 0 Å². The summed E-state index contributed by atoms with van der Waals surface area (Å²) >= 11 is 6.04. The van der Waals surface area contributed by atoms with Crippen LogP contribution in [0.4, 0.5) is 4.39 Å². The summed E-state index contributed by atoms with van der Waals surface area (Å²) in [5.41, 5.74) is 2.61. The number of amides is 1. The first-order valence-electron chi connectivity index (χ1n) is 6.93. The van der Waals surface area contributed by atoms with Gasteiger partial charge in [0.05, 0.1) is 0 Å². The molecule has 0 radical (unpaired) electrons. The van der Waals surface area contributed by atoms with Crippen LogP contribution in [-0.2, 0) is 13.1 Å². The van der Waals surface area contributed by atoms with Crippen LogP contribution >= 0.6 is 11.6 Å². The molecule has 0 saturated carbocycles.